The summed E-state index contributed by atoms with van der Waals surface area (Å²) in [6.07, 6.45) is 8.21. The second-order valence-corrected chi connectivity index (χ2v) is 7.31. The lowest BCUT2D eigenvalue weighted by molar-refractivity contribution is 0.137. The fourth-order valence-electron chi connectivity index (χ4n) is 3.53. The first-order chi connectivity index (χ1) is 12.2. The summed E-state index contributed by atoms with van der Waals surface area (Å²) in [4.78, 5) is 7.13. The maximum atomic E-state index is 9.45. The van der Waals surface area contributed by atoms with Crippen molar-refractivity contribution in [2.45, 2.75) is 51.9 Å². The highest BCUT2D eigenvalue weighted by atomic mass is 127. The van der Waals surface area contributed by atoms with E-state index in [1.807, 2.05) is 0 Å². The molecule has 1 saturated carbocycles. The molecule has 0 bridgehead atoms. The Morgan fingerprint density at radius 3 is 2.54 bits per heavy atom. The molecule has 0 radical (unpaired) electrons. The number of ether oxygens (including phenoxy) is 1. The van der Waals surface area contributed by atoms with Crippen molar-refractivity contribution in [2.24, 2.45) is 10.4 Å². The van der Waals surface area contributed by atoms with E-state index in [0.29, 0.717) is 0 Å². The molecule has 0 amide bonds. The minimum atomic E-state index is 0. The number of halogens is 1. The smallest absolute Gasteiger partial charge is 0.191 e. The molecular formula is C19H41IN4O2. The standard InChI is InChI=1S/C19H40N4O2.HI/c1-4-20-18(21-12-8-13-23(2)14-16-25-3)22-17-19(11-15-24)9-6-5-7-10-19;/h24H,4-17H2,1-3H3,(H2,20,21,22);1H. The van der Waals surface area contributed by atoms with Gasteiger partial charge in [-0.3, -0.25) is 4.99 Å². The van der Waals surface area contributed by atoms with Crippen LogP contribution in [0.5, 0.6) is 0 Å². The Morgan fingerprint density at radius 2 is 1.92 bits per heavy atom. The number of hydrogen-bond acceptors (Lipinski definition) is 4. The Hall–Kier alpha value is -0.120. The number of aliphatic hydroxyl groups is 1. The van der Waals surface area contributed by atoms with Crippen molar-refractivity contribution in [3.63, 3.8) is 0 Å². The molecule has 1 aliphatic carbocycles. The zero-order chi connectivity index (χ0) is 18.4. The van der Waals surface area contributed by atoms with Crippen molar-refractivity contribution in [3.05, 3.63) is 0 Å². The molecule has 0 atom stereocenters. The second kappa shape index (κ2) is 15.9. The molecule has 1 fully saturated rings. The Balaban J connectivity index is 0.00000625. The number of rotatable bonds is 12. The fourth-order valence-corrected chi connectivity index (χ4v) is 3.53. The lowest BCUT2D eigenvalue weighted by Gasteiger charge is -2.35. The van der Waals surface area contributed by atoms with E-state index < -0.39 is 0 Å². The van der Waals surface area contributed by atoms with Gasteiger partial charge in [-0.1, -0.05) is 19.3 Å². The molecule has 0 spiro atoms. The van der Waals surface area contributed by atoms with Crippen LogP contribution in [-0.4, -0.2) is 76.1 Å². The number of aliphatic hydroxyl groups excluding tert-OH is 1. The number of likely N-dealkylation sites (N-methyl/N-ethyl adjacent to an activating group) is 1. The molecule has 1 rings (SSSR count). The lowest BCUT2D eigenvalue weighted by atomic mass is 9.72. The topological polar surface area (TPSA) is 69.1 Å². The third kappa shape index (κ3) is 10.9. The summed E-state index contributed by atoms with van der Waals surface area (Å²) >= 11 is 0. The Bertz CT molecular complexity index is 358. The maximum Gasteiger partial charge on any atom is 0.191 e. The third-order valence-electron chi connectivity index (χ3n) is 5.16. The van der Waals surface area contributed by atoms with Crippen LogP contribution in [0.3, 0.4) is 0 Å². The van der Waals surface area contributed by atoms with Gasteiger partial charge < -0.3 is 25.4 Å². The van der Waals surface area contributed by atoms with Crippen molar-refractivity contribution in [1.29, 1.82) is 0 Å². The van der Waals surface area contributed by atoms with Crippen molar-refractivity contribution in [1.82, 2.24) is 15.5 Å². The van der Waals surface area contributed by atoms with Gasteiger partial charge in [0, 0.05) is 39.9 Å². The molecular weight excluding hydrogens is 443 g/mol. The summed E-state index contributed by atoms with van der Waals surface area (Å²) in [7, 11) is 3.87. The van der Waals surface area contributed by atoms with Crippen molar-refractivity contribution in [2.75, 3.05) is 60.1 Å². The van der Waals surface area contributed by atoms with Crippen LogP contribution in [0.25, 0.3) is 0 Å². The second-order valence-electron chi connectivity index (χ2n) is 7.31. The van der Waals surface area contributed by atoms with E-state index in [1.54, 1.807) is 7.11 Å². The van der Waals surface area contributed by atoms with Crippen LogP contribution in [0, 0.1) is 5.41 Å². The van der Waals surface area contributed by atoms with Gasteiger partial charge in [-0.2, -0.15) is 0 Å². The molecule has 1 aliphatic rings. The number of guanidine groups is 1. The monoisotopic (exact) mass is 484 g/mol. The van der Waals surface area contributed by atoms with Gasteiger partial charge >= 0.3 is 0 Å². The molecule has 3 N–H and O–H groups in total. The van der Waals surface area contributed by atoms with Gasteiger partial charge in [0.15, 0.2) is 5.96 Å². The minimum Gasteiger partial charge on any atom is -0.396 e. The average molecular weight is 484 g/mol. The highest BCUT2D eigenvalue weighted by Crippen LogP contribution is 2.39. The summed E-state index contributed by atoms with van der Waals surface area (Å²) in [6, 6.07) is 0. The van der Waals surface area contributed by atoms with Gasteiger partial charge in [-0.15, -0.1) is 24.0 Å². The van der Waals surface area contributed by atoms with E-state index in [1.165, 1.54) is 32.1 Å². The van der Waals surface area contributed by atoms with Crippen molar-refractivity contribution in [3.8, 4) is 0 Å². The van der Waals surface area contributed by atoms with Gasteiger partial charge in [-0.05, 0) is 51.6 Å². The summed E-state index contributed by atoms with van der Waals surface area (Å²) in [6.45, 7) is 7.76. The number of nitrogens with zero attached hydrogens (tertiary/aromatic N) is 2. The van der Waals surface area contributed by atoms with Gasteiger partial charge in [0.25, 0.3) is 0 Å². The van der Waals surface area contributed by atoms with Crippen LogP contribution in [0.1, 0.15) is 51.9 Å². The molecule has 0 saturated heterocycles. The van der Waals surface area contributed by atoms with E-state index in [0.717, 1.165) is 58.1 Å². The van der Waals surface area contributed by atoms with Crippen LogP contribution in [0.15, 0.2) is 4.99 Å². The van der Waals surface area contributed by atoms with Crippen LogP contribution < -0.4 is 10.6 Å². The number of aliphatic imine (C=N–C) groups is 1. The Labute approximate surface area is 177 Å². The molecule has 0 heterocycles. The molecule has 7 heteroatoms. The van der Waals surface area contributed by atoms with Crippen molar-refractivity contribution < 1.29 is 9.84 Å². The van der Waals surface area contributed by atoms with Gasteiger partial charge in [0.05, 0.1) is 6.61 Å². The van der Waals surface area contributed by atoms with E-state index in [9.17, 15) is 5.11 Å². The van der Waals surface area contributed by atoms with E-state index in [-0.39, 0.29) is 36.0 Å². The lowest BCUT2D eigenvalue weighted by Crippen LogP contribution is -2.40. The van der Waals surface area contributed by atoms with Crippen LogP contribution in [-0.2, 0) is 4.74 Å². The van der Waals surface area contributed by atoms with Gasteiger partial charge in [0.2, 0.25) is 0 Å². The molecule has 0 aromatic carbocycles. The SMILES string of the molecule is CCNC(=NCC1(CCO)CCCCC1)NCCCN(C)CCOC.I. The van der Waals surface area contributed by atoms with Gasteiger partial charge in [0.1, 0.15) is 0 Å². The first-order valence-corrected chi connectivity index (χ1v) is 9.96. The molecule has 0 unspecified atom stereocenters. The Morgan fingerprint density at radius 1 is 1.19 bits per heavy atom. The van der Waals surface area contributed by atoms with Crippen LogP contribution in [0.2, 0.25) is 0 Å². The highest BCUT2D eigenvalue weighted by molar-refractivity contribution is 14.0. The molecule has 156 valence electrons. The zero-order valence-electron chi connectivity index (χ0n) is 17.1. The number of methoxy groups -OCH3 is 1. The molecule has 0 aromatic heterocycles. The summed E-state index contributed by atoms with van der Waals surface area (Å²) < 4.78 is 5.10. The normalized spacial score (nSPS) is 17.0. The van der Waals surface area contributed by atoms with Crippen molar-refractivity contribution >= 4 is 29.9 Å². The highest BCUT2D eigenvalue weighted by Gasteiger charge is 2.31. The van der Waals surface area contributed by atoms with Gasteiger partial charge in [-0.25, -0.2) is 0 Å². The largest absolute Gasteiger partial charge is 0.396 e. The van der Waals surface area contributed by atoms with Crippen LogP contribution >= 0.6 is 24.0 Å². The minimum absolute atomic E-state index is 0. The van der Waals surface area contributed by atoms with E-state index in [2.05, 4.69) is 29.5 Å². The van der Waals surface area contributed by atoms with E-state index in [4.69, 9.17) is 9.73 Å². The summed E-state index contributed by atoms with van der Waals surface area (Å²) in [5, 5.41) is 16.2. The van der Waals surface area contributed by atoms with Crippen LogP contribution in [0.4, 0.5) is 0 Å². The first-order valence-electron chi connectivity index (χ1n) is 9.96. The molecule has 0 aliphatic heterocycles. The number of nitrogens with one attached hydrogen (secondary N) is 2. The average Bonchev–Trinajstić information content (AvgIpc) is 2.62. The predicted octanol–water partition coefficient (Wildman–Crippen LogP) is 2.46. The quantitative estimate of drug-likeness (QED) is 0.172. The molecule has 26 heavy (non-hydrogen) atoms. The summed E-state index contributed by atoms with van der Waals surface area (Å²) in [5.41, 5.74) is 0.204. The zero-order valence-corrected chi connectivity index (χ0v) is 19.4. The first kappa shape index (κ1) is 25.9. The summed E-state index contributed by atoms with van der Waals surface area (Å²) in [5.74, 6) is 0.907. The maximum absolute atomic E-state index is 9.45. The molecule has 0 aromatic rings. The van der Waals surface area contributed by atoms with E-state index >= 15 is 0 Å². The number of hydrogen-bond donors (Lipinski definition) is 3. The molecule has 6 nitrogen and oxygen atoms in total. The Kier molecular flexibility index (Phi) is 15.8. The predicted molar refractivity (Wildman–Crippen MR) is 121 cm³/mol. The third-order valence-corrected chi connectivity index (χ3v) is 5.16. The fraction of sp³-hybridized carbons (Fsp3) is 0.947.